The molecule has 6 nitrogen and oxygen atoms in total. The molecule has 22 heavy (non-hydrogen) atoms. The molecule has 1 aromatic rings. The lowest BCUT2D eigenvalue weighted by atomic mass is 9.96. The molecule has 1 aliphatic heterocycles. The molecule has 2 heterocycles. The highest BCUT2D eigenvalue weighted by molar-refractivity contribution is 6.30. The van der Waals surface area contributed by atoms with Crippen LogP contribution >= 0.6 is 11.6 Å². The largest absolute Gasteiger partial charge is 0.481 e. The Labute approximate surface area is 128 Å². The summed E-state index contributed by atoms with van der Waals surface area (Å²) in [4.78, 5) is 23.8. The van der Waals surface area contributed by atoms with Crippen LogP contribution in [0.3, 0.4) is 0 Å². The van der Waals surface area contributed by atoms with E-state index in [-0.39, 0.29) is 13.0 Å². The van der Waals surface area contributed by atoms with Crippen LogP contribution in [-0.2, 0) is 16.1 Å². The first-order valence-corrected chi connectivity index (χ1v) is 6.81. The Morgan fingerprint density at radius 2 is 2.09 bits per heavy atom. The second-order valence-corrected chi connectivity index (χ2v) is 5.50. The van der Waals surface area contributed by atoms with Crippen LogP contribution in [0, 0.1) is 11.8 Å². The molecule has 1 aromatic heterocycles. The summed E-state index contributed by atoms with van der Waals surface area (Å²) < 4.78 is 39.9. The van der Waals surface area contributed by atoms with Crippen molar-refractivity contribution in [3.05, 3.63) is 17.4 Å². The number of hydrogen-bond acceptors (Lipinski definition) is 3. The smallest absolute Gasteiger partial charge is 0.394 e. The van der Waals surface area contributed by atoms with Gasteiger partial charge in [-0.05, 0) is 0 Å². The van der Waals surface area contributed by atoms with Gasteiger partial charge < -0.3 is 10.0 Å². The Balaban J connectivity index is 1.97. The fourth-order valence-corrected chi connectivity index (χ4v) is 2.57. The summed E-state index contributed by atoms with van der Waals surface area (Å²) in [6, 6.07) is 0. The summed E-state index contributed by atoms with van der Waals surface area (Å²) in [6.07, 6.45) is -1.86. The molecule has 0 radical (unpaired) electrons. The van der Waals surface area contributed by atoms with E-state index < -0.39 is 43.0 Å². The van der Waals surface area contributed by atoms with Crippen LogP contribution in [0.15, 0.2) is 12.4 Å². The van der Waals surface area contributed by atoms with E-state index in [2.05, 4.69) is 5.10 Å². The minimum absolute atomic E-state index is 0.0745. The van der Waals surface area contributed by atoms with Crippen molar-refractivity contribution in [2.24, 2.45) is 11.8 Å². The topological polar surface area (TPSA) is 75.4 Å². The molecule has 0 aromatic carbocycles. The summed E-state index contributed by atoms with van der Waals surface area (Å²) in [6.45, 7) is -0.895. The van der Waals surface area contributed by atoms with Crippen molar-refractivity contribution in [3.8, 4) is 0 Å². The number of aliphatic carboxylic acids is 1. The molecule has 1 aliphatic rings. The van der Waals surface area contributed by atoms with E-state index in [0.717, 1.165) is 4.90 Å². The zero-order valence-electron chi connectivity index (χ0n) is 11.3. The van der Waals surface area contributed by atoms with Crippen molar-refractivity contribution in [2.75, 3.05) is 13.1 Å². The summed E-state index contributed by atoms with van der Waals surface area (Å²) in [5, 5.41) is 13.1. The first kappa shape index (κ1) is 16.6. The molecule has 0 bridgehead atoms. The van der Waals surface area contributed by atoms with Gasteiger partial charge in [0.1, 0.15) is 0 Å². The second-order valence-electron chi connectivity index (χ2n) is 5.06. The molecule has 0 unspecified atom stereocenters. The van der Waals surface area contributed by atoms with Gasteiger partial charge in [-0.3, -0.25) is 14.3 Å². The Morgan fingerprint density at radius 3 is 2.55 bits per heavy atom. The van der Waals surface area contributed by atoms with Gasteiger partial charge in [-0.15, -0.1) is 0 Å². The Kier molecular flexibility index (Phi) is 4.64. The number of aromatic nitrogens is 2. The maximum atomic E-state index is 12.8. The van der Waals surface area contributed by atoms with E-state index in [1.807, 2.05) is 0 Å². The van der Waals surface area contributed by atoms with Crippen LogP contribution in [0.25, 0.3) is 0 Å². The number of carbonyl (C=O) groups is 2. The number of nitrogens with zero attached hydrogens (tertiary/aromatic N) is 3. The quantitative estimate of drug-likeness (QED) is 0.905. The third kappa shape index (κ3) is 3.70. The third-order valence-corrected chi connectivity index (χ3v) is 3.76. The van der Waals surface area contributed by atoms with E-state index in [1.54, 1.807) is 0 Å². The molecule has 0 saturated carbocycles. The van der Waals surface area contributed by atoms with Crippen LogP contribution in [0.5, 0.6) is 0 Å². The number of carbonyl (C=O) groups excluding carboxylic acids is 1. The van der Waals surface area contributed by atoms with Crippen molar-refractivity contribution < 1.29 is 27.9 Å². The second kappa shape index (κ2) is 6.15. The zero-order chi connectivity index (χ0) is 16.5. The predicted molar refractivity (Wildman–Crippen MR) is 69.1 cm³/mol. The number of aryl methyl sites for hydroxylation is 1. The highest BCUT2D eigenvalue weighted by Gasteiger charge is 2.53. The first-order chi connectivity index (χ1) is 10.2. The summed E-state index contributed by atoms with van der Waals surface area (Å²) in [7, 11) is 0. The lowest BCUT2D eigenvalue weighted by Crippen LogP contribution is -2.34. The molecule has 1 saturated heterocycles. The van der Waals surface area contributed by atoms with Gasteiger partial charge in [0.25, 0.3) is 0 Å². The van der Waals surface area contributed by atoms with Gasteiger partial charge >= 0.3 is 12.1 Å². The SMILES string of the molecule is O=C(O)[C@@H]1CN(C(=O)CCn2cc(Cl)cn2)C[C@H]1C(F)(F)F. The molecule has 0 aliphatic carbocycles. The average Bonchev–Trinajstić information content (AvgIpc) is 3.01. The fraction of sp³-hybridized carbons (Fsp3) is 0.583. The number of likely N-dealkylation sites (tertiary alicyclic amines) is 1. The molecule has 1 fully saturated rings. The van der Waals surface area contributed by atoms with E-state index in [9.17, 15) is 22.8 Å². The third-order valence-electron chi connectivity index (χ3n) is 3.57. The highest BCUT2D eigenvalue weighted by atomic mass is 35.5. The number of halogens is 4. The lowest BCUT2D eigenvalue weighted by Gasteiger charge is -2.18. The summed E-state index contributed by atoms with van der Waals surface area (Å²) >= 11 is 5.66. The normalized spacial score (nSPS) is 22.1. The number of carboxylic acid groups (broad SMARTS) is 1. The minimum Gasteiger partial charge on any atom is -0.481 e. The van der Waals surface area contributed by atoms with Gasteiger partial charge in [0.2, 0.25) is 5.91 Å². The van der Waals surface area contributed by atoms with Gasteiger partial charge in [0, 0.05) is 32.3 Å². The van der Waals surface area contributed by atoms with Crippen LogP contribution in [0.2, 0.25) is 5.02 Å². The number of hydrogen-bond donors (Lipinski definition) is 1. The van der Waals surface area contributed by atoms with E-state index in [4.69, 9.17) is 16.7 Å². The Morgan fingerprint density at radius 1 is 1.41 bits per heavy atom. The van der Waals surface area contributed by atoms with E-state index >= 15 is 0 Å². The van der Waals surface area contributed by atoms with Gasteiger partial charge in [0.05, 0.1) is 23.1 Å². The molecule has 10 heteroatoms. The Bertz CT molecular complexity index is 575. The standard InChI is InChI=1S/C12H13ClF3N3O3/c13-7-3-17-19(4-7)2-1-10(20)18-5-8(11(21)22)9(6-18)12(14,15)16/h3-4,8-9H,1-2,5-6H2,(H,21,22)/t8-,9-/m1/s1. The minimum atomic E-state index is -4.65. The Hall–Kier alpha value is -1.77. The van der Waals surface area contributed by atoms with Crippen molar-refractivity contribution in [3.63, 3.8) is 0 Å². The molecule has 122 valence electrons. The summed E-state index contributed by atoms with van der Waals surface area (Å²) in [5.41, 5.74) is 0. The molecular weight excluding hydrogens is 327 g/mol. The van der Waals surface area contributed by atoms with Crippen LogP contribution in [0.4, 0.5) is 13.2 Å². The summed E-state index contributed by atoms with van der Waals surface area (Å²) in [5.74, 6) is -5.74. The molecule has 2 atom stereocenters. The number of alkyl halides is 3. The van der Waals surface area contributed by atoms with E-state index in [0.29, 0.717) is 5.02 Å². The number of rotatable bonds is 4. The highest BCUT2D eigenvalue weighted by Crippen LogP contribution is 2.37. The lowest BCUT2D eigenvalue weighted by molar-refractivity contribution is -0.188. The van der Waals surface area contributed by atoms with Crippen LogP contribution in [0.1, 0.15) is 6.42 Å². The number of amides is 1. The maximum Gasteiger partial charge on any atom is 0.394 e. The van der Waals surface area contributed by atoms with Crippen molar-refractivity contribution in [2.45, 2.75) is 19.1 Å². The van der Waals surface area contributed by atoms with E-state index in [1.165, 1.54) is 17.1 Å². The molecule has 0 spiro atoms. The van der Waals surface area contributed by atoms with Crippen molar-refractivity contribution in [1.82, 2.24) is 14.7 Å². The zero-order valence-corrected chi connectivity index (χ0v) is 12.0. The van der Waals surface area contributed by atoms with Gasteiger partial charge in [-0.25, -0.2) is 0 Å². The monoisotopic (exact) mass is 339 g/mol. The molecule has 1 N–H and O–H groups in total. The van der Waals surface area contributed by atoms with Gasteiger partial charge in [-0.1, -0.05) is 11.6 Å². The van der Waals surface area contributed by atoms with Crippen LogP contribution < -0.4 is 0 Å². The molecule has 2 rings (SSSR count). The van der Waals surface area contributed by atoms with Gasteiger partial charge in [0.15, 0.2) is 0 Å². The van der Waals surface area contributed by atoms with Gasteiger partial charge in [-0.2, -0.15) is 18.3 Å². The van der Waals surface area contributed by atoms with Crippen molar-refractivity contribution in [1.29, 1.82) is 0 Å². The van der Waals surface area contributed by atoms with Crippen molar-refractivity contribution >= 4 is 23.5 Å². The molecule has 1 amide bonds. The first-order valence-electron chi connectivity index (χ1n) is 6.43. The maximum absolute atomic E-state index is 12.8. The molecular formula is C12H13ClF3N3O3. The average molecular weight is 340 g/mol. The fourth-order valence-electron chi connectivity index (χ4n) is 2.42. The predicted octanol–water partition coefficient (Wildman–Crippen LogP) is 1.65. The number of carboxylic acids is 1. The van der Waals surface area contributed by atoms with Crippen LogP contribution in [-0.4, -0.2) is 50.9 Å².